The molecule has 1 aliphatic rings. The number of hydrogen-bond acceptors (Lipinski definition) is 6. The van der Waals surface area contributed by atoms with Crippen LogP contribution in [0.1, 0.15) is 5.56 Å². The molecule has 0 unspecified atom stereocenters. The van der Waals surface area contributed by atoms with E-state index in [-0.39, 0.29) is 5.75 Å². The molecule has 0 saturated carbocycles. The van der Waals surface area contributed by atoms with Crippen LogP contribution in [0.3, 0.4) is 0 Å². The lowest BCUT2D eigenvalue weighted by molar-refractivity contribution is -0.134. The van der Waals surface area contributed by atoms with E-state index >= 15 is 0 Å². The minimum Gasteiger partial charge on any atom is -0.496 e. The van der Waals surface area contributed by atoms with Gasteiger partial charge in [-0.25, -0.2) is 8.42 Å². The second-order valence-electron chi connectivity index (χ2n) is 5.92. The van der Waals surface area contributed by atoms with Crippen molar-refractivity contribution < 1.29 is 23.1 Å². The molecule has 7 nitrogen and oxygen atoms in total. The third-order valence-electron chi connectivity index (χ3n) is 4.11. The van der Waals surface area contributed by atoms with Gasteiger partial charge in [0.05, 0.1) is 12.9 Å². The number of benzene rings is 1. The average Bonchev–Trinajstić information content (AvgIpc) is 2.53. The van der Waals surface area contributed by atoms with Gasteiger partial charge in [0.25, 0.3) is 0 Å². The number of aliphatic carboxylic acids is 1. The van der Waals surface area contributed by atoms with Crippen molar-refractivity contribution in [3.8, 4) is 5.75 Å². The van der Waals surface area contributed by atoms with Crippen LogP contribution in [0.25, 0.3) is 0 Å². The maximum atomic E-state index is 11.6. The van der Waals surface area contributed by atoms with E-state index < -0.39 is 21.6 Å². The first-order chi connectivity index (χ1) is 11.4. The molecule has 1 aliphatic heterocycles. The number of sulfone groups is 1. The Morgan fingerprint density at radius 3 is 2.42 bits per heavy atom. The standard InChI is InChI=1S/C16H24N2O5S/c1-23-15-5-3-2-4-14(15)12-18-8-6-17(7-9-18)10-11-24(21,22)13-16(19)20/h2-5H,6-13H2,1H3,(H,19,20). The zero-order valence-corrected chi connectivity index (χ0v) is 14.7. The summed E-state index contributed by atoms with van der Waals surface area (Å²) in [6.07, 6.45) is 0. The molecule has 1 aromatic carbocycles. The van der Waals surface area contributed by atoms with Crippen molar-refractivity contribution in [1.29, 1.82) is 0 Å². The van der Waals surface area contributed by atoms with Gasteiger partial charge in [-0.05, 0) is 6.07 Å². The summed E-state index contributed by atoms with van der Waals surface area (Å²) in [7, 11) is -1.86. The number of rotatable bonds is 8. The zero-order valence-electron chi connectivity index (χ0n) is 13.8. The highest BCUT2D eigenvalue weighted by molar-refractivity contribution is 7.92. The molecule has 1 saturated heterocycles. The van der Waals surface area contributed by atoms with Crippen LogP contribution < -0.4 is 4.74 Å². The van der Waals surface area contributed by atoms with E-state index in [1.165, 1.54) is 0 Å². The second-order valence-corrected chi connectivity index (χ2v) is 8.10. The Hall–Kier alpha value is -1.64. The highest BCUT2D eigenvalue weighted by Crippen LogP contribution is 2.19. The van der Waals surface area contributed by atoms with Crippen molar-refractivity contribution in [2.45, 2.75) is 6.54 Å². The van der Waals surface area contributed by atoms with Gasteiger partial charge >= 0.3 is 5.97 Å². The van der Waals surface area contributed by atoms with Gasteiger partial charge in [0.15, 0.2) is 9.84 Å². The normalized spacial score (nSPS) is 16.9. The first-order valence-electron chi connectivity index (χ1n) is 7.88. The van der Waals surface area contributed by atoms with Crippen molar-refractivity contribution in [3.05, 3.63) is 29.8 Å². The number of hydrogen-bond donors (Lipinski definition) is 1. The number of ether oxygens (including phenoxy) is 1. The maximum Gasteiger partial charge on any atom is 0.318 e. The minimum absolute atomic E-state index is 0.105. The fourth-order valence-electron chi connectivity index (χ4n) is 2.77. The lowest BCUT2D eigenvalue weighted by Crippen LogP contribution is -2.47. The molecule has 0 atom stereocenters. The number of piperazine rings is 1. The topological polar surface area (TPSA) is 87.2 Å². The molecule has 1 aromatic rings. The predicted molar refractivity (Wildman–Crippen MR) is 91.0 cm³/mol. The zero-order chi connectivity index (χ0) is 17.6. The summed E-state index contributed by atoms with van der Waals surface area (Å²) < 4.78 is 28.6. The Kier molecular flexibility index (Phi) is 6.59. The summed E-state index contributed by atoms with van der Waals surface area (Å²) in [4.78, 5) is 14.9. The van der Waals surface area contributed by atoms with E-state index in [1.54, 1.807) is 7.11 Å². The van der Waals surface area contributed by atoms with Gasteiger partial charge in [-0.3, -0.25) is 14.6 Å². The van der Waals surface area contributed by atoms with E-state index in [2.05, 4.69) is 9.80 Å². The van der Waals surface area contributed by atoms with E-state index in [9.17, 15) is 13.2 Å². The molecule has 8 heteroatoms. The highest BCUT2D eigenvalue weighted by Gasteiger charge is 2.21. The number of carboxylic acids is 1. The number of methoxy groups -OCH3 is 1. The highest BCUT2D eigenvalue weighted by atomic mass is 32.2. The molecule has 1 heterocycles. The molecular formula is C16H24N2O5S. The first kappa shape index (κ1) is 18.7. The Bertz CT molecular complexity index is 654. The molecule has 24 heavy (non-hydrogen) atoms. The SMILES string of the molecule is COc1ccccc1CN1CCN(CCS(=O)(=O)CC(=O)O)CC1. The van der Waals surface area contributed by atoms with Crippen LogP contribution in [-0.4, -0.2) is 80.6 Å². The van der Waals surface area contributed by atoms with Crippen LogP contribution in [0.4, 0.5) is 0 Å². The Labute approximate surface area is 142 Å². The van der Waals surface area contributed by atoms with Crippen molar-refractivity contribution >= 4 is 15.8 Å². The average molecular weight is 356 g/mol. The molecule has 0 radical (unpaired) electrons. The number of carboxylic acid groups (broad SMARTS) is 1. The van der Waals surface area contributed by atoms with Crippen LogP contribution in [-0.2, 0) is 21.2 Å². The van der Waals surface area contributed by atoms with E-state index in [0.717, 1.165) is 44.0 Å². The van der Waals surface area contributed by atoms with Crippen LogP contribution in [0.2, 0.25) is 0 Å². The quantitative estimate of drug-likeness (QED) is 0.717. The number of carbonyl (C=O) groups is 1. The van der Waals surface area contributed by atoms with Crippen molar-refractivity contribution in [3.63, 3.8) is 0 Å². The molecule has 2 rings (SSSR count). The fourth-order valence-corrected chi connectivity index (χ4v) is 3.83. The summed E-state index contributed by atoms with van der Waals surface area (Å²) in [6, 6.07) is 7.92. The van der Waals surface area contributed by atoms with Gasteiger partial charge in [0.1, 0.15) is 11.5 Å². The maximum absolute atomic E-state index is 11.6. The van der Waals surface area contributed by atoms with Crippen LogP contribution >= 0.6 is 0 Å². The van der Waals surface area contributed by atoms with Crippen LogP contribution in [0.5, 0.6) is 5.75 Å². The Balaban J connectivity index is 1.78. The van der Waals surface area contributed by atoms with Gasteiger partial charge in [0.2, 0.25) is 0 Å². The van der Waals surface area contributed by atoms with Crippen molar-refractivity contribution in [2.75, 3.05) is 51.3 Å². The smallest absolute Gasteiger partial charge is 0.318 e. The summed E-state index contributed by atoms with van der Waals surface area (Å²) >= 11 is 0. The van der Waals surface area contributed by atoms with Crippen LogP contribution in [0.15, 0.2) is 24.3 Å². The third-order valence-corrected chi connectivity index (χ3v) is 5.60. The van der Waals surface area contributed by atoms with Crippen molar-refractivity contribution in [1.82, 2.24) is 9.80 Å². The number of nitrogens with zero attached hydrogens (tertiary/aromatic N) is 2. The van der Waals surface area contributed by atoms with E-state index in [0.29, 0.717) is 6.54 Å². The Morgan fingerprint density at radius 2 is 1.79 bits per heavy atom. The van der Waals surface area contributed by atoms with Crippen LogP contribution in [0, 0.1) is 0 Å². The largest absolute Gasteiger partial charge is 0.496 e. The predicted octanol–water partition coefficient (Wildman–Crippen LogP) is 0.312. The summed E-state index contributed by atoms with van der Waals surface area (Å²) in [6.45, 7) is 4.43. The first-order valence-corrected chi connectivity index (χ1v) is 9.70. The molecule has 0 bridgehead atoms. The Morgan fingerprint density at radius 1 is 1.17 bits per heavy atom. The van der Waals surface area contributed by atoms with Crippen molar-refractivity contribution in [2.24, 2.45) is 0 Å². The lowest BCUT2D eigenvalue weighted by atomic mass is 10.1. The second kappa shape index (κ2) is 8.46. The molecule has 1 fully saturated rings. The van der Waals surface area contributed by atoms with E-state index in [4.69, 9.17) is 9.84 Å². The van der Waals surface area contributed by atoms with Gasteiger partial charge in [-0.15, -0.1) is 0 Å². The molecule has 0 amide bonds. The molecular weight excluding hydrogens is 332 g/mol. The van der Waals surface area contributed by atoms with Gasteiger partial charge in [-0.1, -0.05) is 18.2 Å². The lowest BCUT2D eigenvalue weighted by Gasteiger charge is -2.34. The fraction of sp³-hybridized carbons (Fsp3) is 0.562. The number of para-hydroxylation sites is 1. The molecule has 0 aromatic heterocycles. The van der Waals surface area contributed by atoms with E-state index in [1.807, 2.05) is 24.3 Å². The minimum atomic E-state index is -3.52. The molecule has 0 spiro atoms. The monoisotopic (exact) mass is 356 g/mol. The molecule has 1 N–H and O–H groups in total. The van der Waals surface area contributed by atoms with Gasteiger partial charge in [-0.2, -0.15) is 0 Å². The van der Waals surface area contributed by atoms with Gasteiger partial charge < -0.3 is 9.84 Å². The summed E-state index contributed by atoms with van der Waals surface area (Å²) in [5, 5.41) is 8.59. The summed E-state index contributed by atoms with van der Waals surface area (Å²) in [5.41, 5.74) is 1.14. The van der Waals surface area contributed by atoms with Gasteiger partial charge in [0, 0.05) is 44.8 Å². The third kappa shape index (κ3) is 5.77. The molecule has 0 aliphatic carbocycles. The summed E-state index contributed by atoms with van der Waals surface area (Å²) in [5.74, 6) is -1.32. The molecule has 134 valence electrons.